The normalized spacial score (nSPS) is 20.1. The van der Waals surface area contributed by atoms with Crippen molar-refractivity contribution in [1.82, 2.24) is 20.1 Å². The Morgan fingerprint density at radius 1 is 1.10 bits per heavy atom. The van der Waals surface area contributed by atoms with E-state index in [-0.39, 0.29) is 37.4 Å². The zero-order chi connectivity index (χ0) is 27.4. The highest BCUT2D eigenvalue weighted by Gasteiger charge is 2.36. The van der Waals surface area contributed by atoms with E-state index >= 15 is 0 Å². The van der Waals surface area contributed by atoms with Crippen molar-refractivity contribution >= 4 is 28.4 Å². The molecule has 2 aliphatic rings. The number of carbonyl (C=O) groups is 2. The lowest BCUT2D eigenvalue weighted by Crippen LogP contribution is -2.46. The SMILES string of the molecule is CNC(=O)c1ccc(NC2CCN(CC(=O)N3C[C@@H](F)C[C@H]3C#N)CC2)c2ccc(Cc3ccccc3)nc12. The molecule has 2 atom stereocenters. The third-order valence-electron chi connectivity index (χ3n) is 7.64. The molecule has 202 valence electrons. The molecule has 0 aliphatic carbocycles. The Balaban J connectivity index is 1.27. The number of rotatable bonds is 7. The Bertz CT molecular complexity index is 1380. The summed E-state index contributed by atoms with van der Waals surface area (Å²) in [7, 11) is 1.62. The minimum absolute atomic E-state index is 0.00923. The first-order valence-electron chi connectivity index (χ1n) is 13.5. The molecule has 0 radical (unpaired) electrons. The Morgan fingerprint density at radius 3 is 2.59 bits per heavy atom. The number of hydrogen-bond acceptors (Lipinski definition) is 6. The summed E-state index contributed by atoms with van der Waals surface area (Å²) >= 11 is 0. The van der Waals surface area contributed by atoms with Gasteiger partial charge < -0.3 is 15.5 Å². The summed E-state index contributed by atoms with van der Waals surface area (Å²) in [5.74, 6) is -0.356. The average Bonchev–Trinajstić information content (AvgIpc) is 3.35. The lowest BCUT2D eigenvalue weighted by atomic mass is 10.0. The monoisotopic (exact) mass is 528 g/mol. The van der Waals surface area contributed by atoms with Gasteiger partial charge in [-0.25, -0.2) is 4.39 Å². The molecule has 0 unspecified atom stereocenters. The number of pyridine rings is 1. The van der Waals surface area contributed by atoms with Gasteiger partial charge in [-0.15, -0.1) is 0 Å². The van der Waals surface area contributed by atoms with Crippen LogP contribution in [-0.4, -0.2) is 78.1 Å². The summed E-state index contributed by atoms with van der Waals surface area (Å²) in [5.41, 5.74) is 4.18. The Hall–Kier alpha value is -4.03. The van der Waals surface area contributed by atoms with Gasteiger partial charge in [0.1, 0.15) is 12.2 Å². The van der Waals surface area contributed by atoms with Gasteiger partial charge in [0.15, 0.2) is 0 Å². The number of likely N-dealkylation sites (tertiary alicyclic amines) is 2. The number of hydrogen-bond donors (Lipinski definition) is 2. The van der Waals surface area contributed by atoms with E-state index < -0.39 is 12.2 Å². The van der Waals surface area contributed by atoms with E-state index in [1.165, 1.54) is 4.90 Å². The van der Waals surface area contributed by atoms with Crippen LogP contribution in [0.2, 0.25) is 0 Å². The first kappa shape index (κ1) is 26.6. The molecule has 2 saturated heterocycles. The van der Waals surface area contributed by atoms with Crippen LogP contribution in [-0.2, 0) is 11.2 Å². The zero-order valence-corrected chi connectivity index (χ0v) is 22.1. The van der Waals surface area contributed by atoms with E-state index in [1.807, 2.05) is 48.5 Å². The molecule has 3 heterocycles. The summed E-state index contributed by atoms with van der Waals surface area (Å²) in [5, 5.41) is 16.5. The van der Waals surface area contributed by atoms with Gasteiger partial charge in [-0.05, 0) is 42.7 Å². The summed E-state index contributed by atoms with van der Waals surface area (Å²) in [6.45, 7) is 1.66. The van der Waals surface area contributed by atoms with Gasteiger partial charge in [0, 0.05) is 55.8 Å². The van der Waals surface area contributed by atoms with Crippen LogP contribution in [0.15, 0.2) is 54.6 Å². The van der Waals surface area contributed by atoms with E-state index in [4.69, 9.17) is 4.98 Å². The number of nitriles is 1. The van der Waals surface area contributed by atoms with Crippen LogP contribution < -0.4 is 10.6 Å². The van der Waals surface area contributed by atoms with E-state index in [1.54, 1.807) is 7.05 Å². The van der Waals surface area contributed by atoms with Crippen LogP contribution in [0.5, 0.6) is 0 Å². The predicted octanol–water partition coefficient (Wildman–Crippen LogP) is 3.52. The van der Waals surface area contributed by atoms with Gasteiger partial charge in [-0.1, -0.05) is 30.3 Å². The highest BCUT2D eigenvalue weighted by molar-refractivity contribution is 6.08. The van der Waals surface area contributed by atoms with Gasteiger partial charge in [-0.3, -0.25) is 19.5 Å². The van der Waals surface area contributed by atoms with Crippen molar-refractivity contribution in [3.63, 3.8) is 0 Å². The van der Waals surface area contributed by atoms with Crippen molar-refractivity contribution in [2.75, 3.05) is 38.5 Å². The van der Waals surface area contributed by atoms with E-state index in [0.717, 1.165) is 48.3 Å². The fourth-order valence-electron chi connectivity index (χ4n) is 5.52. The molecule has 3 aromatic rings. The van der Waals surface area contributed by atoms with Crippen LogP contribution in [0.4, 0.5) is 10.1 Å². The third kappa shape index (κ3) is 6.02. The Labute approximate surface area is 227 Å². The fraction of sp³-hybridized carbons (Fsp3) is 0.400. The first-order valence-corrected chi connectivity index (χ1v) is 13.5. The van der Waals surface area contributed by atoms with E-state index in [0.29, 0.717) is 17.5 Å². The second kappa shape index (κ2) is 11.8. The quantitative estimate of drug-likeness (QED) is 0.487. The molecule has 2 N–H and O–H groups in total. The fourth-order valence-corrected chi connectivity index (χ4v) is 5.52. The van der Waals surface area contributed by atoms with Crippen LogP contribution in [0.1, 0.15) is 40.9 Å². The molecule has 5 rings (SSSR count). The molecule has 0 bridgehead atoms. The summed E-state index contributed by atoms with van der Waals surface area (Å²) in [6.07, 6.45) is 1.32. The summed E-state index contributed by atoms with van der Waals surface area (Å²) in [4.78, 5) is 33.7. The number of anilines is 1. The maximum absolute atomic E-state index is 13.7. The van der Waals surface area contributed by atoms with E-state index in [9.17, 15) is 19.2 Å². The third-order valence-corrected chi connectivity index (χ3v) is 7.64. The van der Waals surface area contributed by atoms with Crippen LogP contribution in [0, 0.1) is 11.3 Å². The largest absolute Gasteiger partial charge is 0.382 e. The molecule has 0 spiro atoms. The molecule has 39 heavy (non-hydrogen) atoms. The Morgan fingerprint density at radius 2 is 1.87 bits per heavy atom. The average molecular weight is 529 g/mol. The number of benzene rings is 2. The second-order valence-electron chi connectivity index (χ2n) is 10.3. The van der Waals surface area contributed by atoms with Crippen molar-refractivity contribution in [3.05, 3.63) is 71.4 Å². The molecule has 2 fully saturated rings. The summed E-state index contributed by atoms with van der Waals surface area (Å²) < 4.78 is 13.7. The molecule has 2 aromatic carbocycles. The molecule has 2 amide bonds. The smallest absolute Gasteiger partial charge is 0.253 e. The van der Waals surface area contributed by atoms with Gasteiger partial charge in [0.2, 0.25) is 5.91 Å². The van der Waals surface area contributed by atoms with Crippen molar-refractivity contribution in [3.8, 4) is 6.07 Å². The lowest BCUT2D eigenvalue weighted by Gasteiger charge is -2.33. The minimum Gasteiger partial charge on any atom is -0.382 e. The molecule has 2 aliphatic heterocycles. The number of amides is 2. The lowest BCUT2D eigenvalue weighted by molar-refractivity contribution is -0.132. The topological polar surface area (TPSA) is 101 Å². The molecule has 0 saturated carbocycles. The standard InChI is InChI=1S/C30H33FN6O2/c1-33-30(39)26-9-10-27(25-8-7-23(35-29(25)26)15-20-5-3-2-4-6-20)34-22-11-13-36(14-12-22)19-28(38)37-18-21(31)16-24(37)17-32/h2-10,21-22,24,34H,11-16,18-19H2,1H3,(H,33,39)/t21-,24-/m0/s1. The first-order chi connectivity index (χ1) is 18.9. The Kier molecular flexibility index (Phi) is 8.03. The maximum Gasteiger partial charge on any atom is 0.253 e. The molecule has 8 nitrogen and oxygen atoms in total. The molecule has 9 heteroatoms. The number of fused-ring (bicyclic) bond motifs is 1. The number of nitrogens with one attached hydrogen (secondary N) is 2. The number of piperidine rings is 1. The maximum atomic E-state index is 13.7. The van der Waals surface area contributed by atoms with Crippen LogP contribution >= 0.6 is 0 Å². The number of alkyl halides is 1. The summed E-state index contributed by atoms with van der Waals surface area (Å²) in [6, 6.07) is 19.5. The van der Waals surface area contributed by atoms with Gasteiger partial charge >= 0.3 is 0 Å². The van der Waals surface area contributed by atoms with Crippen molar-refractivity contribution in [1.29, 1.82) is 5.26 Å². The van der Waals surface area contributed by atoms with Crippen molar-refractivity contribution < 1.29 is 14.0 Å². The van der Waals surface area contributed by atoms with Crippen LogP contribution in [0.25, 0.3) is 10.9 Å². The van der Waals surface area contributed by atoms with Crippen molar-refractivity contribution in [2.24, 2.45) is 0 Å². The zero-order valence-electron chi connectivity index (χ0n) is 22.1. The van der Waals surface area contributed by atoms with Gasteiger partial charge in [0.25, 0.3) is 5.91 Å². The number of nitrogens with zero attached hydrogens (tertiary/aromatic N) is 4. The molecular formula is C30H33FN6O2. The highest BCUT2D eigenvalue weighted by atomic mass is 19.1. The second-order valence-corrected chi connectivity index (χ2v) is 10.3. The predicted molar refractivity (Wildman–Crippen MR) is 148 cm³/mol. The van der Waals surface area contributed by atoms with Crippen molar-refractivity contribution in [2.45, 2.75) is 43.9 Å². The van der Waals surface area contributed by atoms with Crippen LogP contribution in [0.3, 0.4) is 0 Å². The number of aromatic nitrogens is 1. The van der Waals surface area contributed by atoms with E-state index in [2.05, 4.69) is 27.7 Å². The molecule has 1 aromatic heterocycles. The van der Waals surface area contributed by atoms with Gasteiger partial charge in [-0.2, -0.15) is 5.26 Å². The number of carbonyl (C=O) groups excluding carboxylic acids is 2. The highest BCUT2D eigenvalue weighted by Crippen LogP contribution is 2.29. The number of halogens is 1. The minimum atomic E-state index is -1.12. The van der Waals surface area contributed by atoms with Gasteiger partial charge in [0.05, 0.1) is 30.2 Å². The molecular weight excluding hydrogens is 495 g/mol.